The highest BCUT2D eigenvalue weighted by atomic mass is 79.9. The van der Waals surface area contributed by atoms with E-state index in [9.17, 15) is 0 Å². The van der Waals surface area contributed by atoms with E-state index in [1.807, 2.05) is 0 Å². The van der Waals surface area contributed by atoms with Gasteiger partial charge in [0, 0.05) is 16.7 Å². The Labute approximate surface area is 100 Å². The number of anilines is 1. The van der Waals surface area contributed by atoms with Gasteiger partial charge < -0.3 is 5.32 Å². The summed E-state index contributed by atoms with van der Waals surface area (Å²) in [4.78, 5) is 0. The third kappa shape index (κ3) is 2.54. The highest BCUT2D eigenvalue weighted by molar-refractivity contribution is 9.10. The van der Waals surface area contributed by atoms with Crippen molar-refractivity contribution in [2.24, 2.45) is 5.92 Å². The fourth-order valence-corrected chi connectivity index (χ4v) is 2.75. The van der Waals surface area contributed by atoms with Crippen LogP contribution in [0.2, 0.25) is 0 Å². The number of nitrogens with one attached hydrogen (secondary N) is 1. The van der Waals surface area contributed by atoms with Crippen molar-refractivity contribution in [3.8, 4) is 0 Å². The molecule has 0 fully saturated rings. The lowest BCUT2D eigenvalue weighted by Crippen LogP contribution is -2.17. The van der Waals surface area contributed by atoms with Gasteiger partial charge in [0.2, 0.25) is 0 Å². The minimum Gasteiger partial charge on any atom is -0.385 e. The van der Waals surface area contributed by atoms with Gasteiger partial charge in [-0.15, -0.1) is 0 Å². The van der Waals surface area contributed by atoms with E-state index in [-0.39, 0.29) is 0 Å². The lowest BCUT2D eigenvalue weighted by molar-refractivity contribution is 0.477. The molecule has 2 heteroatoms. The number of halogens is 1. The van der Waals surface area contributed by atoms with Crippen LogP contribution in [0.25, 0.3) is 0 Å². The molecule has 1 unspecified atom stereocenters. The second kappa shape index (κ2) is 4.56. The molecular formula is C13H18BrN. The molecule has 1 heterocycles. The van der Waals surface area contributed by atoms with Gasteiger partial charge in [0.1, 0.15) is 0 Å². The molecule has 0 radical (unpaired) electrons. The van der Waals surface area contributed by atoms with E-state index in [4.69, 9.17) is 0 Å². The predicted octanol–water partition coefficient (Wildman–Crippen LogP) is 4.39. The zero-order chi connectivity index (χ0) is 10.8. The van der Waals surface area contributed by atoms with E-state index >= 15 is 0 Å². The zero-order valence-corrected chi connectivity index (χ0v) is 11.0. The molecule has 0 aliphatic carbocycles. The van der Waals surface area contributed by atoms with Gasteiger partial charge in [-0.2, -0.15) is 0 Å². The van der Waals surface area contributed by atoms with Gasteiger partial charge in [-0.05, 0) is 42.4 Å². The maximum atomic E-state index is 3.52. The Morgan fingerprint density at radius 1 is 1.47 bits per heavy atom. The van der Waals surface area contributed by atoms with Crippen LogP contribution >= 0.6 is 15.9 Å². The first-order chi connectivity index (χ1) is 7.16. The van der Waals surface area contributed by atoms with Gasteiger partial charge >= 0.3 is 0 Å². The maximum Gasteiger partial charge on any atom is 0.0386 e. The van der Waals surface area contributed by atoms with Crippen molar-refractivity contribution >= 4 is 21.6 Å². The molecular weight excluding hydrogens is 250 g/mol. The smallest absolute Gasteiger partial charge is 0.0386 e. The standard InChI is InChI=1S/C13H18BrN/c1-9(2)7-10-5-6-15-13-8-11(14)3-4-12(10)13/h3-4,8-10,15H,5-7H2,1-2H3. The van der Waals surface area contributed by atoms with E-state index in [1.54, 1.807) is 0 Å². The van der Waals surface area contributed by atoms with E-state index in [1.165, 1.54) is 28.6 Å². The Bertz CT molecular complexity index is 346. The van der Waals surface area contributed by atoms with Crippen molar-refractivity contribution in [1.82, 2.24) is 0 Å². The molecule has 1 aliphatic heterocycles. The molecule has 1 atom stereocenters. The summed E-state index contributed by atoms with van der Waals surface area (Å²) in [6.45, 7) is 5.72. The lowest BCUT2D eigenvalue weighted by atomic mass is 9.85. The summed E-state index contributed by atoms with van der Waals surface area (Å²) in [5, 5.41) is 3.48. The summed E-state index contributed by atoms with van der Waals surface area (Å²) >= 11 is 3.52. The second-order valence-corrected chi connectivity index (χ2v) is 5.69. The summed E-state index contributed by atoms with van der Waals surface area (Å²) in [6, 6.07) is 6.61. The number of benzene rings is 1. The van der Waals surface area contributed by atoms with Gasteiger partial charge in [0.25, 0.3) is 0 Å². The van der Waals surface area contributed by atoms with Gasteiger partial charge in [0.05, 0.1) is 0 Å². The van der Waals surface area contributed by atoms with Crippen molar-refractivity contribution in [1.29, 1.82) is 0 Å². The Morgan fingerprint density at radius 3 is 3.00 bits per heavy atom. The molecule has 1 N–H and O–H groups in total. The number of fused-ring (bicyclic) bond motifs is 1. The Balaban J connectivity index is 2.26. The van der Waals surface area contributed by atoms with Crippen LogP contribution in [0, 0.1) is 5.92 Å². The average Bonchev–Trinajstić information content (AvgIpc) is 2.16. The third-order valence-electron chi connectivity index (χ3n) is 3.02. The minimum atomic E-state index is 0.745. The Morgan fingerprint density at radius 2 is 2.27 bits per heavy atom. The normalized spacial score (nSPS) is 19.9. The molecule has 2 rings (SSSR count). The molecule has 1 aromatic carbocycles. The highest BCUT2D eigenvalue weighted by Crippen LogP contribution is 2.36. The van der Waals surface area contributed by atoms with Crippen molar-refractivity contribution < 1.29 is 0 Å². The summed E-state index contributed by atoms with van der Waals surface area (Å²) < 4.78 is 1.17. The largest absolute Gasteiger partial charge is 0.385 e. The van der Waals surface area contributed by atoms with Crippen molar-refractivity contribution in [3.05, 3.63) is 28.2 Å². The van der Waals surface area contributed by atoms with Crippen LogP contribution in [0.4, 0.5) is 5.69 Å². The summed E-state index contributed by atoms with van der Waals surface area (Å²) in [6.07, 6.45) is 2.57. The Hall–Kier alpha value is -0.500. The monoisotopic (exact) mass is 267 g/mol. The third-order valence-corrected chi connectivity index (χ3v) is 3.51. The highest BCUT2D eigenvalue weighted by Gasteiger charge is 2.20. The van der Waals surface area contributed by atoms with Crippen LogP contribution in [-0.2, 0) is 0 Å². The molecule has 1 nitrogen and oxygen atoms in total. The first-order valence-corrected chi connectivity index (χ1v) is 6.49. The number of hydrogen-bond donors (Lipinski definition) is 1. The molecule has 1 aliphatic rings. The molecule has 0 spiro atoms. The summed E-state index contributed by atoms with van der Waals surface area (Å²) in [5.74, 6) is 1.53. The zero-order valence-electron chi connectivity index (χ0n) is 9.39. The fraction of sp³-hybridized carbons (Fsp3) is 0.538. The van der Waals surface area contributed by atoms with E-state index in [0.29, 0.717) is 0 Å². The van der Waals surface area contributed by atoms with Crippen LogP contribution in [-0.4, -0.2) is 6.54 Å². The lowest BCUT2D eigenvalue weighted by Gasteiger charge is -2.28. The van der Waals surface area contributed by atoms with Crippen LogP contribution in [0.1, 0.15) is 38.2 Å². The van der Waals surface area contributed by atoms with Gasteiger partial charge in [0.15, 0.2) is 0 Å². The van der Waals surface area contributed by atoms with Crippen molar-refractivity contribution in [3.63, 3.8) is 0 Å². The number of hydrogen-bond acceptors (Lipinski definition) is 1. The topological polar surface area (TPSA) is 12.0 Å². The molecule has 0 saturated carbocycles. The van der Waals surface area contributed by atoms with Gasteiger partial charge in [-0.3, -0.25) is 0 Å². The predicted molar refractivity (Wildman–Crippen MR) is 69.4 cm³/mol. The minimum absolute atomic E-state index is 0.745. The SMILES string of the molecule is CC(C)CC1CCNc2cc(Br)ccc21. The Kier molecular flexibility index (Phi) is 3.35. The molecule has 82 valence electrons. The van der Waals surface area contributed by atoms with Gasteiger partial charge in [-0.25, -0.2) is 0 Å². The fourth-order valence-electron chi connectivity index (χ4n) is 2.39. The quantitative estimate of drug-likeness (QED) is 0.838. The summed E-state index contributed by atoms with van der Waals surface area (Å²) in [7, 11) is 0. The molecule has 0 amide bonds. The van der Waals surface area contributed by atoms with Gasteiger partial charge in [-0.1, -0.05) is 35.8 Å². The number of rotatable bonds is 2. The van der Waals surface area contributed by atoms with Crippen LogP contribution < -0.4 is 5.32 Å². The van der Waals surface area contributed by atoms with Crippen molar-refractivity contribution in [2.75, 3.05) is 11.9 Å². The molecule has 1 aromatic rings. The van der Waals surface area contributed by atoms with Crippen LogP contribution in [0.5, 0.6) is 0 Å². The van der Waals surface area contributed by atoms with Crippen LogP contribution in [0.3, 0.4) is 0 Å². The van der Waals surface area contributed by atoms with Crippen LogP contribution in [0.15, 0.2) is 22.7 Å². The van der Waals surface area contributed by atoms with Crippen molar-refractivity contribution in [2.45, 2.75) is 32.6 Å². The molecule has 0 aromatic heterocycles. The van der Waals surface area contributed by atoms with E-state index in [2.05, 4.69) is 53.3 Å². The van der Waals surface area contributed by atoms with E-state index in [0.717, 1.165) is 18.4 Å². The maximum absolute atomic E-state index is 3.52. The first kappa shape index (κ1) is 11.0. The molecule has 15 heavy (non-hydrogen) atoms. The molecule has 0 bridgehead atoms. The van der Waals surface area contributed by atoms with E-state index < -0.39 is 0 Å². The summed E-state index contributed by atoms with van der Waals surface area (Å²) in [5.41, 5.74) is 2.82. The molecule has 0 saturated heterocycles. The first-order valence-electron chi connectivity index (χ1n) is 5.70. The average molecular weight is 268 g/mol. The second-order valence-electron chi connectivity index (χ2n) is 4.77.